The zero-order valence-corrected chi connectivity index (χ0v) is 14.7. The lowest BCUT2D eigenvalue weighted by Gasteiger charge is -2.20. The minimum Gasteiger partial charge on any atom is -0.200 e. The molecular weight excluding hydrogens is 324 g/mol. The maximum Gasteiger partial charge on any atom is 0.276 e. The lowest BCUT2D eigenvalue weighted by atomic mass is 10.2. The molecule has 4 nitrogen and oxygen atoms in total. The van der Waals surface area contributed by atoms with Crippen molar-refractivity contribution < 1.29 is 8.42 Å². The Kier molecular flexibility index (Phi) is 6.01. The van der Waals surface area contributed by atoms with Crippen LogP contribution in [0.15, 0.2) is 34.3 Å². The first-order valence-corrected chi connectivity index (χ1v) is 10.4. The summed E-state index contributed by atoms with van der Waals surface area (Å²) in [6.07, 6.45) is 2.06. The van der Waals surface area contributed by atoms with E-state index in [9.17, 15) is 8.42 Å². The van der Waals surface area contributed by atoms with Gasteiger partial charge in [0.1, 0.15) is 0 Å². The molecule has 1 heterocycles. The van der Waals surface area contributed by atoms with E-state index < -0.39 is 10.0 Å². The van der Waals surface area contributed by atoms with Crippen molar-refractivity contribution in [3.63, 3.8) is 0 Å². The van der Waals surface area contributed by atoms with E-state index >= 15 is 0 Å². The summed E-state index contributed by atoms with van der Waals surface area (Å²) in [5, 5.41) is 4.04. The average molecular weight is 345 g/mol. The Hall–Kier alpha value is -0.660. The minimum atomic E-state index is -3.56. The molecule has 0 saturated carbocycles. The van der Waals surface area contributed by atoms with Gasteiger partial charge in [-0.1, -0.05) is 17.7 Å². The number of hydrogen-bond donors (Lipinski definition) is 1. The van der Waals surface area contributed by atoms with E-state index in [1.165, 1.54) is 17.9 Å². The topological polar surface area (TPSA) is 58.5 Å². The molecular formula is C14H20N2O2S3. The number of hydrogen-bond acceptors (Lipinski definition) is 5. The predicted octanol–water partition coefficient (Wildman–Crippen LogP) is 3.24. The highest BCUT2D eigenvalue weighted by molar-refractivity contribution is 8.17. The highest BCUT2D eigenvalue weighted by Gasteiger charge is 2.16. The summed E-state index contributed by atoms with van der Waals surface area (Å²) in [7, 11) is -3.56. The quantitative estimate of drug-likeness (QED) is 0.658. The largest absolute Gasteiger partial charge is 0.276 e. The number of benzene rings is 1. The lowest BCUT2D eigenvalue weighted by molar-refractivity contribution is 0.584. The van der Waals surface area contributed by atoms with Crippen molar-refractivity contribution in [3.8, 4) is 0 Å². The Balaban J connectivity index is 1.96. The fourth-order valence-electron chi connectivity index (χ4n) is 1.85. The molecule has 1 aromatic carbocycles. The molecule has 1 saturated heterocycles. The Morgan fingerprint density at radius 3 is 2.52 bits per heavy atom. The molecule has 0 aliphatic carbocycles. The molecule has 7 heteroatoms. The van der Waals surface area contributed by atoms with Crippen LogP contribution >= 0.6 is 23.5 Å². The summed E-state index contributed by atoms with van der Waals surface area (Å²) in [4.78, 5) is 2.57. The number of hydrazone groups is 1. The molecule has 0 bridgehead atoms. The van der Waals surface area contributed by atoms with Gasteiger partial charge in [0.05, 0.1) is 9.48 Å². The van der Waals surface area contributed by atoms with Crippen molar-refractivity contribution in [1.82, 2.24) is 4.83 Å². The normalized spacial score (nSPS) is 17.7. The van der Waals surface area contributed by atoms with Crippen LogP contribution in [0.25, 0.3) is 0 Å². The van der Waals surface area contributed by atoms with E-state index in [4.69, 9.17) is 0 Å². The molecule has 0 radical (unpaired) electrons. The summed E-state index contributed by atoms with van der Waals surface area (Å²) in [6.45, 7) is 3.79. The third-order valence-corrected chi connectivity index (χ3v) is 7.21. The van der Waals surface area contributed by atoms with Gasteiger partial charge in [-0.3, -0.25) is 0 Å². The molecule has 1 N–H and O–H groups in total. The van der Waals surface area contributed by atoms with Crippen molar-refractivity contribution >= 4 is 39.3 Å². The summed E-state index contributed by atoms with van der Waals surface area (Å²) in [5.74, 6) is 2.36. The third kappa shape index (κ3) is 5.23. The highest BCUT2D eigenvalue weighted by Crippen LogP contribution is 2.32. The number of aryl methyl sites for hydroxylation is 1. The Morgan fingerprint density at radius 1 is 1.29 bits per heavy atom. The number of thioether (sulfide) groups is 2. The van der Waals surface area contributed by atoms with Crippen LogP contribution < -0.4 is 4.83 Å². The summed E-state index contributed by atoms with van der Waals surface area (Å²) in [5.41, 5.74) is 1.84. The number of nitrogens with zero attached hydrogens (tertiary/aromatic N) is 1. The second kappa shape index (κ2) is 7.56. The van der Waals surface area contributed by atoms with E-state index in [0.717, 1.165) is 17.7 Å². The summed E-state index contributed by atoms with van der Waals surface area (Å²) < 4.78 is 24.7. The zero-order valence-electron chi connectivity index (χ0n) is 12.2. The maximum absolute atomic E-state index is 12.1. The van der Waals surface area contributed by atoms with Crippen LogP contribution in [0.4, 0.5) is 0 Å². The first-order valence-electron chi connectivity index (χ1n) is 6.82. The van der Waals surface area contributed by atoms with Crippen molar-refractivity contribution in [2.24, 2.45) is 5.10 Å². The average Bonchev–Trinajstić information content (AvgIpc) is 2.47. The minimum absolute atomic E-state index is 0.242. The van der Waals surface area contributed by atoms with Crippen LogP contribution in [0, 0.1) is 6.92 Å². The summed E-state index contributed by atoms with van der Waals surface area (Å²) in [6, 6.07) is 6.74. The third-order valence-electron chi connectivity index (χ3n) is 3.05. The predicted molar refractivity (Wildman–Crippen MR) is 92.5 cm³/mol. The van der Waals surface area contributed by atoms with Crippen LogP contribution in [-0.4, -0.2) is 30.2 Å². The van der Waals surface area contributed by atoms with Gasteiger partial charge in [-0.15, -0.1) is 23.5 Å². The molecule has 1 aliphatic heterocycles. The van der Waals surface area contributed by atoms with Crippen molar-refractivity contribution in [2.45, 2.75) is 36.2 Å². The molecule has 1 aliphatic rings. The molecule has 1 aromatic rings. The molecule has 0 unspecified atom stereocenters. The fourth-order valence-corrected chi connectivity index (χ4v) is 5.74. The molecule has 1 fully saturated rings. The standard InChI is InChI=1S/C14H20N2O2S3/c1-11-4-6-13(7-5-11)21(17,18)16-15-12(2)10-14-19-8-3-9-20-14/h4-7,14,16H,3,8-10H2,1-2H3/b15-12-. The van der Waals surface area contributed by atoms with Gasteiger partial charge in [0, 0.05) is 12.1 Å². The van der Waals surface area contributed by atoms with E-state index in [1.807, 2.05) is 37.4 Å². The van der Waals surface area contributed by atoms with Gasteiger partial charge in [0.25, 0.3) is 10.0 Å². The summed E-state index contributed by atoms with van der Waals surface area (Å²) >= 11 is 3.86. The van der Waals surface area contributed by atoms with Crippen LogP contribution in [0.2, 0.25) is 0 Å². The van der Waals surface area contributed by atoms with Crippen LogP contribution in [-0.2, 0) is 10.0 Å². The fraction of sp³-hybridized carbons (Fsp3) is 0.500. The van der Waals surface area contributed by atoms with E-state index in [2.05, 4.69) is 9.93 Å². The lowest BCUT2D eigenvalue weighted by Crippen LogP contribution is -2.21. The number of rotatable bonds is 5. The van der Waals surface area contributed by atoms with E-state index in [1.54, 1.807) is 24.3 Å². The first kappa shape index (κ1) is 16.7. The molecule has 2 rings (SSSR count). The molecule has 0 aromatic heterocycles. The van der Waals surface area contributed by atoms with Crippen molar-refractivity contribution in [3.05, 3.63) is 29.8 Å². The van der Waals surface area contributed by atoms with Crippen LogP contribution in [0.5, 0.6) is 0 Å². The van der Waals surface area contributed by atoms with Gasteiger partial charge < -0.3 is 0 Å². The van der Waals surface area contributed by atoms with Gasteiger partial charge in [0.2, 0.25) is 0 Å². The molecule has 21 heavy (non-hydrogen) atoms. The number of sulfonamides is 1. The van der Waals surface area contributed by atoms with Crippen LogP contribution in [0.3, 0.4) is 0 Å². The Bertz CT molecular complexity index is 591. The van der Waals surface area contributed by atoms with Gasteiger partial charge >= 0.3 is 0 Å². The first-order chi connectivity index (χ1) is 9.97. The second-order valence-corrected chi connectivity index (χ2v) is 9.56. The second-order valence-electron chi connectivity index (χ2n) is 4.98. The molecule has 0 atom stereocenters. The number of nitrogens with one attached hydrogen (secondary N) is 1. The smallest absolute Gasteiger partial charge is 0.200 e. The molecule has 0 spiro atoms. The zero-order chi connectivity index (χ0) is 15.3. The SMILES string of the molecule is C/C(CC1SCCCS1)=N/NS(=O)(=O)c1ccc(C)cc1. The van der Waals surface area contributed by atoms with Gasteiger partial charge in [0.15, 0.2) is 0 Å². The molecule has 116 valence electrons. The van der Waals surface area contributed by atoms with Crippen molar-refractivity contribution in [1.29, 1.82) is 0 Å². The van der Waals surface area contributed by atoms with Gasteiger partial charge in [-0.25, -0.2) is 4.83 Å². The van der Waals surface area contributed by atoms with E-state index in [0.29, 0.717) is 4.58 Å². The van der Waals surface area contributed by atoms with Gasteiger partial charge in [-0.05, 0) is 43.9 Å². The van der Waals surface area contributed by atoms with E-state index in [-0.39, 0.29) is 4.90 Å². The Labute approximate surface area is 135 Å². The van der Waals surface area contributed by atoms with Crippen LogP contribution in [0.1, 0.15) is 25.3 Å². The maximum atomic E-state index is 12.1. The van der Waals surface area contributed by atoms with Crippen molar-refractivity contribution in [2.75, 3.05) is 11.5 Å². The highest BCUT2D eigenvalue weighted by atomic mass is 32.2. The monoisotopic (exact) mass is 344 g/mol. The van der Waals surface area contributed by atoms with Gasteiger partial charge in [-0.2, -0.15) is 13.5 Å². The Morgan fingerprint density at radius 2 is 1.90 bits per heavy atom. The molecule has 0 amide bonds.